The zero-order chi connectivity index (χ0) is 13.9. The topological polar surface area (TPSA) is 30.0 Å². The van der Waals surface area contributed by atoms with E-state index in [0.717, 1.165) is 6.07 Å². The van der Waals surface area contributed by atoms with E-state index in [0.29, 0.717) is 5.69 Å². The van der Waals surface area contributed by atoms with Gasteiger partial charge < -0.3 is 0 Å². The Morgan fingerprint density at radius 3 is 2.37 bits per heavy atom. The summed E-state index contributed by atoms with van der Waals surface area (Å²) in [7, 11) is 0. The van der Waals surface area contributed by atoms with E-state index in [1.54, 1.807) is 18.2 Å². The molecular weight excluding hydrogens is 255 g/mol. The molecule has 0 saturated heterocycles. The number of hydrogen-bond donors (Lipinski definition) is 0. The van der Waals surface area contributed by atoms with Crippen molar-refractivity contribution >= 4 is 5.78 Å². The second-order valence-electron chi connectivity index (χ2n) is 3.96. The first-order valence-electron chi connectivity index (χ1n) is 5.58. The average molecular weight is 265 g/mol. The molecule has 0 bridgehead atoms. The maximum Gasteiger partial charge on any atom is 0.417 e. The third-order valence-electron chi connectivity index (χ3n) is 2.60. The van der Waals surface area contributed by atoms with Crippen molar-refractivity contribution in [2.75, 3.05) is 0 Å². The number of nitrogens with zero attached hydrogens (tertiary/aromatic N) is 1. The fourth-order valence-electron chi connectivity index (χ4n) is 1.74. The van der Waals surface area contributed by atoms with E-state index in [2.05, 4.69) is 4.98 Å². The van der Waals surface area contributed by atoms with Crippen LogP contribution < -0.4 is 0 Å². The number of aromatic nitrogens is 1. The van der Waals surface area contributed by atoms with Gasteiger partial charge in [0, 0.05) is 17.5 Å². The number of alkyl halides is 3. The maximum absolute atomic E-state index is 12.8. The first-order chi connectivity index (χ1) is 8.98. The van der Waals surface area contributed by atoms with Gasteiger partial charge in [-0.1, -0.05) is 24.3 Å². The molecule has 0 unspecified atom stereocenters. The van der Waals surface area contributed by atoms with E-state index in [-0.39, 0.29) is 12.0 Å². The predicted molar refractivity (Wildman–Crippen MR) is 63.7 cm³/mol. The van der Waals surface area contributed by atoms with Crippen molar-refractivity contribution in [1.29, 1.82) is 0 Å². The lowest BCUT2D eigenvalue weighted by molar-refractivity contribution is -0.137. The van der Waals surface area contributed by atoms with Gasteiger partial charge in [0.05, 0.1) is 12.0 Å². The monoisotopic (exact) mass is 265 g/mol. The van der Waals surface area contributed by atoms with Gasteiger partial charge in [0.1, 0.15) is 0 Å². The molecule has 0 saturated carbocycles. The van der Waals surface area contributed by atoms with E-state index in [1.807, 2.05) is 0 Å². The lowest BCUT2D eigenvalue weighted by Crippen LogP contribution is -2.14. The normalized spacial score (nSPS) is 11.3. The summed E-state index contributed by atoms with van der Waals surface area (Å²) in [6.45, 7) is 0. The van der Waals surface area contributed by atoms with Crippen LogP contribution in [0, 0.1) is 0 Å². The van der Waals surface area contributed by atoms with E-state index in [9.17, 15) is 18.0 Å². The van der Waals surface area contributed by atoms with Crippen molar-refractivity contribution < 1.29 is 18.0 Å². The van der Waals surface area contributed by atoms with Crippen LogP contribution in [0.2, 0.25) is 0 Å². The summed E-state index contributed by atoms with van der Waals surface area (Å²) in [4.78, 5) is 15.9. The highest BCUT2D eigenvalue weighted by molar-refractivity contribution is 5.98. The lowest BCUT2D eigenvalue weighted by atomic mass is 10.00. The van der Waals surface area contributed by atoms with Crippen molar-refractivity contribution in [3.8, 4) is 0 Å². The van der Waals surface area contributed by atoms with Gasteiger partial charge in [-0.15, -0.1) is 0 Å². The quantitative estimate of drug-likeness (QED) is 0.795. The summed E-state index contributed by atoms with van der Waals surface area (Å²) in [6.07, 6.45) is -3.18. The van der Waals surface area contributed by atoms with Crippen LogP contribution in [0.1, 0.15) is 21.6 Å². The molecule has 1 heterocycles. The molecule has 0 N–H and O–H groups in total. The Hall–Kier alpha value is -2.17. The number of Topliss-reactive ketones (excluding diaryl/α,β-unsaturated/α-hetero) is 1. The van der Waals surface area contributed by atoms with Gasteiger partial charge in [-0.3, -0.25) is 9.78 Å². The SMILES string of the molecule is O=C(Cc1ccccn1)c1ccccc1C(F)(F)F. The third kappa shape index (κ3) is 3.19. The minimum Gasteiger partial charge on any atom is -0.294 e. The highest BCUT2D eigenvalue weighted by Gasteiger charge is 2.34. The molecule has 5 heteroatoms. The number of rotatable bonds is 3. The van der Waals surface area contributed by atoms with Crippen molar-refractivity contribution in [2.45, 2.75) is 12.6 Å². The number of benzene rings is 1. The fourth-order valence-corrected chi connectivity index (χ4v) is 1.74. The molecule has 19 heavy (non-hydrogen) atoms. The predicted octanol–water partition coefficient (Wildman–Crippen LogP) is 3.53. The molecule has 2 nitrogen and oxygen atoms in total. The molecule has 2 aromatic rings. The second-order valence-corrected chi connectivity index (χ2v) is 3.96. The van der Waals surface area contributed by atoms with Crippen LogP contribution in [0.15, 0.2) is 48.7 Å². The zero-order valence-corrected chi connectivity index (χ0v) is 9.82. The minimum absolute atomic E-state index is 0.145. The highest BCUT2D eigenvalue weighted by Crippen LogP contribution is 2.32. The van der Waals surface area contributed by atoms with Crippen LogP contribution in [0.4, 0.5) is 13.2 Å². The molecule has 0 aliphatic carbocycles. The lowest BCUT2D eigenvalue weighted by Gasteiger charge is -2.11. The molecule has 1 aromatic heterocycles. The van der Waals surface area contributed by atoms with Crippen molar-refractivity contribution in [1.82, 2.24) is 4.98 Å². The molecule has 0 atom stereocenters. The van der Waals surface area contributed by atoms with Gasteiger partial charge in [0.2, 0.25) is 0 Å². The third-order valence-corrected chi connectivity index (χ3v) is 2.60. The maximum atomic E-state index is 12.8. The fraction of sp³-hybridized carbons (Fsp3) is 0.143. The van der Waals surface area contributed by atoms with Crippen LogP contribution in [0.3, 0.4) is 0 Å². The van der Waals surface area contributed by atoms with E-state index >= 15 is 0 Å². The summed E-state index contributed by atoms with van der Waals surface area (Å²) in [5.74, 6) is -0.591. The van der Waals surface area contributed by atoms with Crippen molar-refractivity contribution in [3.05, 3.63) is 65.5 Å². The Morgan fingerprint density at radius 1 is 1.05 bits per heavy atom. The van der Waals surface area contributed by atoms with Gasteiger partial charge in [-0.05, 0) is 18.2 Å². The number of carbonyl (C=O) groups excluding carboxylic acids is 1. The van der Waals surface area contributed by atoms with Gasteiger partial charge >= 0.3 is 6.18 Å². The van der Waals surface area contributed by atoms with Crippen molar-refractivity contribution in [3.63, 3.8) is 0 Å². The van der Waals surface area contributed by atoms with Gasteiger partial charge in [0.25, 0.3) is 0 Å². The molecule has 2 rings (SSSR count). The molecule has 0 spiro atoms. The number of pyridine rings is 1. The molecule has 0 aliphatic heterocycles. The smallest absolute Gasteiger partial charge is 0.294 e. The Labute approximate surface area is 107 Å². The molecule has 0 radical (unpaired) electrons. The van der Waals surface area contributed by atoms with Gasteiger partial charge in [0.15, 0.2) is 5.78 Å². The average Bonchev–Trinajstić information content (AvgIpc) is 2.39. The molecule has 0 fully saturated rings. The standard InChI is InChI=1S/C14H10F3NO/c15-14(16,17)12-7-2-1-6-11(12)13(19)9-10-5-3-4-8-18-10/h1-8H,9H2. The summed E-state index contributed by atoms with van der Waals surface area (Å²) in [6, 6.07) is 9.75. The summed E-state index contributed by atoms with van der Waals surface area (Å²) < 4.78 is 38.3. The van der Waals surface area contributed by atoms with Crippen LogP contribution in [0.25, 0.3) is 0 Å². The Bertz CT molecular complexity index is 579. The van der Waals surface area contributed by atoms with Crippen LogP contribution in [0.5, 0.6) is 0 Å². The van der Waals surface area contributed by atoms with E-state index in [1.165, 1.54) is 24.4 Å². The summed E-state index contributed by atoms with van der Waals surface area (Å²) >= 11 is 0. The van der Waals surface area contributed by atoms with Crippen LogP contribution >= 0.6 is 0 Å². The molecule has 98 valence electrons. The first kappa shape index (κ1) is 13.3. The molecular formula is C14H10F3NO. The number of carbonyl (C=O) groups is 1. The Balaban J connectivity index is 2.30. The van der Waals surface area contributed by atoms with Gasteiger partial charge in [-0.25, -0.2) is 0 Å². The highest BCUT2D eigenvalue weighted by atomic mass is 19.4. The number of ketones is 1. The van der Waals surface area contributed by atoms with Crippen LogP contribution in [-0.4, -0.2) is 10.8 Å². The first-order valence-corrected chi connectivity index (χ1v) is 5.58. The van der Waals surface area contributed by atoms with E-state index in [4.69, 9.17) is 0 Å². The molecule has 0 amide bonds. The minimum atomic E-state index is -4.53. The van der Waals surface area contributed by atoms with Gasteiger partial charge in [-0.2, -0.15) is 13.2 Å². The summed E-state index contributed by atoms with van der Waals surface area (Å²) in [5.41, 5.74) is -0.777. The second kappa shape index (κ2) is 5.22. The number of hydrogen-bond acceptors (Lipinski definition) is 2. The molecule has 1 aromatic carbocycles. The van der Waals surface area contributed by atoms with Crippen LogP contribution in [-0.2, 0) is 12.6 Å². The van der Waals surface area contributed by atoms with Crippen molar-refractivity contribution in [2.24, 2.45) is 0 Å². The Kier molecular flexibility index (Phi) is 3.64. The van der Waals surface area contributed by atoms with E-state index < -0.39 is 17.5 Å². The zero-order valence-electron chi connectivity index (χ0n) is 9.82. The Morgan fingerprint density at radius 2 is 1.74 bits per heavy atom. The summed E-state index contributed by atoms with van der Waals surface area (Å²) in [5, 5.41) is 0. The molecule has 0 aliphatic rings. The number of halogens is 3. The largest absolute Gasteiger partial charge is 0.417 e.